The summed E-state index contributed by atoms with van der Waals surface area (Å²) in [5, 5.41) is 2.80. The number of ether oxygens (including phenoxy) is 1. The zero-order chi connectivity index (χ0) is 23.4. The van der Waals surface area contributed by atoms with E-state index in [2.05, 4.69) is 33.6 Å². The normalized spacial score (nSPS) is 31.2. The van der Waals surface area contributed by atoms with Gasteiger partial charge in [-0.25, -0.2) is 9.18 Å². The third kappa shape index (κ3) is 3.71. The first-order valence-corrected chi connectivity index (χ1v) is 11.8. The van der Waals surface area contributed by atoms with Gasteiger partial charge in [0.1, 0.15) is 5.82 Å². The number of aliphatic imine (C=N–C) groups is 1. The third-order valence-corrected chi connectivity index (χ3v) is 7.58. The quantitative estimate of drug-likeness (QED) is 0.668. The summed E-state index contributed by atoms with van der Waals surface area (Å²) in [6.07, 6.45) is 2.17. The average Bonchev–Trinajstić information content (AvgIpc) is 3.50. The van der Waals surface area contributed by atoms with Gasteiger partial charge in [0, 0.05) is 38.6 Å². The number of halogens is 1. The molecule has 2 aliphatic carbocycles. The number of hydrogen-bond donors (Lipinski definition) is 1. The van der Waals surface area contributed by atoms with Gasteiger partial charge in [0.2, 0.25) is 5.91 Å². The second kappa shape index (κ2) is 7.82. The number of anilines is 2. The molecule has 2 saturated heterocycles. The van der Waals surface area contributed by atoms with Crippen molar-refractivity contribution in [2.24, 2.45) is 22.7 Å². The topological polar surface area (TPSA) is 74.2 Å². The Morgan fingerprint density at radius 1 is 1.24 bits per heavy atom. The highest BCUT2D eigenvalue weighted by Crippen LogP contribution is 2.52. The molecule has 7 nitrogen and oxygen atoms in total. The van der Waals surface area contributed by atoms with E-state index in [9.17, 15) is 9.59 Å². The Kier molecular flexibility index (Phi) is 4.86. The number of benzene rings is 2. The Hall–Kier alpha value is -3.42. The number of carbonyl (C=O) groups excluding carboxylic acids is 2. The van der Waals surface area contributed by atoms with Crippen molar-refractivity contribution in [2.75, 3.05) is 29.4 Å². The Morgan fingerprint density at radius 2 is 2.00 bits per heavy atom. The lowest BCUT2D eigenvalue weighted by molar-refractivity contribution is -0.119. The van der Waals surface area contributed by atoms with E-state index < -0.39 is 11.7 Å². The van der Waals surface area contributed by atoms with E-state index in [0.29, 0.717) is 48.6 Å². The SMILES string of the molecule is CC(=O)N[C@@H]1CC12CN(c1ccc(N3CC4C(C=NCc5ccccc5)C4C3)c(F)c1)C(=O)O2. The maximum Gasteiger partial charge on any atom is 0.415 e. The molecule has 2 aliphatic heterocycles. The number of fused-ring (bicyclic) bond motifs is 1. The summed E-state index contributed by atoms with van der Waals surface area (Å²) >= 11 is 0. The summed E-state index contributed by atoms with van der Waals surface area (Å²) in [6.45, 7) is 4.08. The van der Waals surface area contributed by atoms with Crippen molar-refractivity contribution < 1.29 is 18.7 Å². The van der Waals surface area contributed by atoms with Crippen molar-refractivity contribution >= 4 is 29.6 Å². The smallest absolute Gasteiger partial charge is 0.415 e. The van der Waals surface area contributed by atoms with E-state index >= 15 is 4.39 Å². The van der Waals surface area contributed by atoms with Crippen LogP contribution in [0.3, 0.4) is 0 Å². The van der Waals surface area contributed by atoms with Crippen LogP contribution in [0.15, 0.2) is 53.5 Å². The van der Waals surface area contributed by atoms with Crippen LogP contribution in [-0.4, -0.2) is 49.5 Å². The standard InChI is InChI=1S/C26H27FN4O3/c1-16(32)29-24-10-26(24)15-31(25(33)34-26)18-7-8-23(22(27)9-18)30-13-20-19(21(20)14-30)12-28-11-17-5-3-2-4-6-17/h2-9,12,19-21,24H,10-11,13-15H2,1H3,(H,29,32)/t19?,20?,21?,24-,26?/m1/s1. The van der Waals surface area contributed by atoms with Gasteiger partial charge >= 0.3 is 6.09 Å². The van der Waals surface area contributed by atoms with Crippen LogP contribution in [0.25, 0.3) is 0 Å². The fourth-order valence-corrected chi connectivity index (χ4v) is 5.57. The highest BCUT2D eigenvalue weighted by molar-refractivity contribution is 5.91. The summed E-state index contributed by atoms with van der Waals surface area (Å²) < 4.78 is 20.6. The van der Waals surface area contributed by atoms with Crippen LogP contribution in [0.4, 0.5) is 20.6 Å². The van der Waals surface area contributed by atoms with Crippen molar-refractivity contribution in [3.63, 3.8) is 0 Å². The predicted octanol–water partition coefficient (Wildman–Crippen LogP) is 3.38. The van der Waals surface area contributed by atoms with E-state index in [1.165, 1.54) is 23.5 Å². The molecular weight excluding hydrogens is 435 g/mol. The largest absolute Gasteiger partial charge is 0.438 e. The van der Waals surface area contributed by atoms with Crippen molar-refractivity contribution in [3.8, 4) is 0 Å². The Balaban J connectivity index is 1.06. The molecule has 2 aromatic rings. The summed E-state index contributed by atoms with van der Waals surface area (Å²) in [6, 6.07) is 15.0. The van der Waals surface area contributed by atoms with Gasteiger partial charge in [0.25, 0.3) is 0 Å². The fraction of sp³-hybridized carbons (Fsp3) is 0.423. The molecule has 4 aliphatic rings. The Labute approximate surface area is 197 Å². The van der Waals surface area contributed by atoms with E-state index in [-0.39, 0.29) is 17.8 Å². The van der Waals surface area contributed by atoms with Gasteiger partial charge in [-0.2, -0.15) is 0 Å². The number of hydrogen-bond acceptors (Lipinski definition) is 5. The number of nitrogens with one attached hydrogen (secondary N) is 1. The van der Waals surface area contributed by atoms with E-state index in [1.807, 2.05) is 18.2 Å². The van der Waals surface area contributed by atoms with Crippen LogP contribution in [0.1, 0.15) is 18.9 Å². The lowest BCUT2D eigenvalue weighted by Gasteiger charge is -2.23. The minimum Gasteiger partial charge on any atom is -0.438 e. The van der Waals surface area contributed by atoms with Crippen LogP contribution < -0.4 is 15.1 Å². The van der Waals surface area contributed by atoms with Crippen LogP contribution in [0.2, 0.25) is 0 Å². The van der Waals surface area contributed by atoms with Crippen LogP contribution in [-0.2, 0) is 16.1 Å². The minimum atomic E-state index is -0.689. The molecule has 2 heterocycles. The van der Waals surface area contributed by atoms with Gasteiger partial charge in [0.15, 0.2) is 5.60 Å². The molecule has 6 rings (SSSR count). The summed E-state index contributed by atoms with van der Waals surface area (Å²) in [4.78, 5) is 31.9. The maximum atomic E-state index is 15.1. The highest BCUT2D eigenvalue weighted by Gasteiger charge is 2.64. The Morgan fingerprint density at radius 3 is 2.71 bits per heavy atom. The van der Waals surface area contributed by atoms with Crippen molar-refractivity contribution in [3.05, 3.63) is 59.9 Å². The number of rotatable bonds is 6. The molecule has 2 saturated carbocycles. The van der Waals surface area contributed by atoms with Gasteiger partial charge in [-0.05, 0) is 35.6 Å². The van der Waals surface area contributed by atoms with Gasteiger partial charge in [-0.3, -0.25) is 14.7 Å². The van der Waals surface area contributed by atoms with Crippen LogP contribution in [0, 0.1) is 23.6 Å². The zero-order valence-electron chi connectivity index (χ0n) is 19.0. The molecule has 0 radical (unpaired) electrons. The lowest BCUT2D eigenvalue weighted by Crippen LogP contribution is -2.33. The monoisotopic (exact) mass is 462 g/mol. The summed E-state index contributed by atoms with van der Waals surface area (Å²) in [7, 11) is 0. The molecule has 1 N–H and O–H groups in total. The van der Waals surface area contributed by atoms with E-state index in [4.69, 9.17) is 4.74 Å². The van der Waals surface area contributed by atoms with Gasteiger partial charge in [-0.1, -0.05) is 30.3 Å². The summed E-state index contributed by atoms with van der Waals surface area (Å²) in [5.41, 5.74) is 1.56. The zero-order valence-corrected chi connectivity index (χ0v) is 19.0. The van der Waals surface area contributed by atoms with Crippen molar-refractivity contribution in [2.45, 2.75) is 31.5 Å². The molecule has 0 bridgehead atoms. The number of carbonyl (C=O) groups is 2. The first kappa shape index (κ1) is 21.1. The number of nitrogens with zero attached hydrogens (tertiary/aromatic N) is 3. The van der Waals surface area contributed by atoms with Crippen LogP contribution in [0.5, 0.6) is 0 Å². The fourth-order valence-electron chi connectivity index (χ4n) is 5.57. The average molecular weight is 463 g/mol. The number of amides is 2. The molecule has 2 amide bonds. The summed E-state index contributed by atoms with van der Waals surface area (Å²) in [5.74, 6) is 1.03. The molecule has 176 valence electrons. The van der Waals surface area contributed by atoms with Gasteiger partial charge < -0.3 is 15.0 Å². The molecule has 2 aromatic carbocycles. The third-order valence-electron chi connectivity index (χ3n) is 7.58. The first-order chi connectivity index (χ1) is 16.4. The van der Waals surface area contributed by atoms with Crippen molar-refractivity contribution in [1.82, 2.24) is 5.32 Å². The molecule has 1 spiro atoms. The minimum absolute atomic E-state index is 0.153. The Bertz CT molecular complexity index is 1160. The molecular formula is C26H27FN4O3. The van der Waals surface area contributed by atoms with Gasteiger partial charge in [0.05, 0.1) is 30.5 Å². The van der Waals surface area contributed by atoms with Gasteiger partial charge in [-0.15, -0.1) is 0 Å². The predicted molar refractivity (Wildman–Crippen MR) is 127 cm³/mol. The highest BCUT2D eigenvalue weighted by atomic mass is 19.1. The van der Waals surface area contributed by atoms with Crippen molar-refractivity contribution in [1.29, 1.82) is 0 Å². The molecule has 8 heteroatoms. The second-order valence-corrected chi connectivity index (χ2v) is 9.90. The maximum absolute atomic E-state index is 15.1. The molecule has 34 heavy (non-hydrogen) atoms. The van der Waals surface area contributed by atoms with E-state index in [1.54, 1.807) is 12.1 Å². The van der Waals surface area contributed by atoms with E-state index in [0.717, 1.165) is 13.1 Å². The first-order valence-electron chi connectivity index (χ1n) is 11.8. The lowest BCUT2D eigenvalue weighted by atomic mass is 10.2. The molecule has 3 unspecified atom stereocenters. The number of piperidine rings is 1. The van der Waals surface area contributed by atoms with Crippen LogP contribution >= 0.6 is 0 Å². The molecule has 0 aromatic heterocycles. The molecule has 4 fully saturated rings. The molecule has 4 atom stereocenters. The second-order valence-electron chi connectivity index (χ2n) is 9.90.